The highest BCUT2D eigenvalue weighted by Crippen LogP contribution is 2.46. The number of hydrogen-bond acceptors (Lipinski definition) is 7. The van der Waals surface area contributed by atoms with Gasteiger partial charge in [0.1, 0.15) is 23.3 Å². The zero-order valence-corrected chi connectivity index (χ0v) is 29.6. The fourth-order valence-corrected chi connectivity index (χ4v) is 7.74. The third-order valence-corrected chi connectivity index (χ3v) is 10.4. The fraction of sp³-hybridized carbons (Fsp3) is 0.486. The molecule has 7 nitrogen and oxygen atoms in total. The van der Waals surface area contributed by atoms with E-state index in [1.807, 2.05) is 19.1 Å². The van der Waals surface area contributed by atoms with Crippen LogP contribution in [-0.2, 0) is 11.3 Å². The summed E-state index contributed by atoms with van der Waals surface area (Å²) in [5.74, 6) is 2.53. The van der Waals surface area contributed by atoms with Crippen molar-refractivity contribution in [3.05, 3.63) is 88.1 Å². The van der Waals surface area contributed by atoms with Crippen LogP contribution in [0.15, 0.2) is 65.6 Å². The van der Waals surface area contributed by atoms with Gasteiger partial charge in [0.2, 0.25) is 0 Å². The Kier molecular flexibility index (Phi) is 14.2. The Morgan fingerprint density at radius 1 is 0.889 bits per heavy atom. The molecule has 2 aliphatic heterocycles. The molecular weight excluding hydrogens is 629 g/mol. The Morgan fingerprint density at radius 3 is 2.20 bits per heavy atom. The van der Waals surface area contributed by atoms with E-state index in [-0.39, 0.29) is 35.9 Å². The predicted octanol–water partition coefficient (Wildman–Crippen LogP) is 6.30. The van der Waals surface area contributed by atoms with Gasteiger partial charge >= 0.3 is 0 Å². The summed E-state index contributed by atoms with van der Waals surface area (Å²) in [6, 6.07) is 20.6. The second kappa shape index (κ2) is 17.1. The Balaban J connectivity index is 0.00000276. The van der Waals surface area contributed by atoms with Crippen molar-refractivity contribution in [1.29, 1.82) is 0 Å². The number of hydroxylamine groups is 2. The lowest BCUT2D eigenvalue weighted by Gasteiger charge is -2.48. The van der Waals surface area contributed by atoms with Crippen LogP contribution in [0.3, 0.4) is 0 Å². The molecule has 3 unspecified atom stereocenters. The number of thioether (sulfide) groups is 1. The number of piperazine rings is 1. The number of fused-ring (bicyclic) bond motifs is 1. The number of methoxy groups -OCH3 is 2. The van der Waals surface area contributed by atoms with Gasteiger partial charge in [-0.1, -0.05) is 41.6 Å². The van der Waals surface area contributed by atoms with E-state index < -0.39 is 4.87 Å². The topological polar surface area (TPSA) is 61.7 Å². The molecule has 0 amide bonds. The standard InChI is InChI=1S/C35H47N3O4S.2ClH/c1-26-12-13-33(32(22-26)35(3)38(39)27(2)31-10-6-7-11-34(31)43-35)42-21-9-8-15-36-17-19-37(20-18-36)16-14-28-23-29(40-4)25-30(24-28)41-5;;/h6-7,10-13,22-25,27,38H,8-9,14-21H2,1-5H3;2*1H. The molecule has 1 N–H and O–H groups in total. The molecule has 2 heterocycles. The quantitative estimate of drug-likeness (QED) is 0.178. The van der Waals surface area contributed by atoms with Gasteiger partial charge in [0, 0.05) is 56.2 Å². The summed E-state index contributed by atoms with van der Waals surface area (Å²) < 4.78 is 17.2. The molecule has 0 radical (unpaired) electrons. The van der Waals surface area contributed by atoms with Crippen molar-refractivity contribution in [2.75, 3.05) is 60.1 Å². The molecule has 3 aromatic rings. The number of nitrogens with zero attached hydrogens (tertiary/aromatic N) is 2. The van der Waals surface area contributed by atoms with Crippen LogP contribution in [0.5, 0.6) is 17.2 Å². The number of nitrogens with one attached hydrogen (secondary N) is 1. The molecule has 2 aliphatic rings. The summed E-state index contributed by atoms with van der Waals surface area (Å²) in [5.41, 5.74) is 4.51. The van der Waals surface area contributed by atoms with E-state index >= 15 is 0 Å². The van der Waals surface area contributed by atoms with Crippen LogP contribution in [0.2, 0.25) is 0 Å². The van der Waals surface area contributed by atoms with Gasteiger partial charge in [-0.15, -0.1) is 24.8 Å². The van der Waals surface area contributed by atoms with Crippen molar-refractivity contribution >= 4 is 36.6 Å². The van der Waals surface area contributed by atoms with E-state index in [1.165, 1.54) is 10.5 Å². The van der Waals surface area contributed by atoms with Crippen LogP contribution in [0, 0.1) is 12.1 Å². The number of aryl methyl sites for hydroxylation is 1. The second-order valence-corrected chi connectivity index (χ2v) is 13.4. The summed E-state index contributed by atoms with van der Waals surface area (Å²) in [6.45, 7) is 13.4. The number of unbranched alkanes of at least 4 members (excludes halogenated alkanes) is 1. The smallest absolute Gasteiger partial charge is 0.175 e. The maximum Gasteiger partial charge on any atom is 0.175 e. The highest BCUT2D eigenvalue weighted by Gasteiger charge is 2.45. The van der Waals surface area contributed by atoms with Crippen LogP contribution >= 0.6 is 36.6 Å². The van der Waals surface area contributed by atoms with Crippen molar-refractivity contribution in [3.8, 4) is 17.2 Å². The molecule has 3 atom stereocenters. The number of benzene rings is 3. The summed E-state index contributed by atoms with van der Waals surface area (Å²) in [6.07, 6.45) is 3.07. The molecule has 3 aromatic carbocycles. The Labute approximate surface area is 286 Å². The van der Waals surface area contributed by atoms with Crippen molar-refractivity contribution in [2.45, 2.75) is 55.8 Å². The Morgan fingerprint density at radius 2 is 1.53 bits per heavy atom. The average molecular weight is 679 g/mol. The average Bonchev–Trinajstić information content (AvgIpc) is 3.03. The van der Waals surface area contributed by atoms with Crippen LogP contribution in [0.4, 0.5) is 0 Å². The molecule has 10 heteroatoms. The SMILES string of the molecule is COc1cc(CCN2CCN(CCCCOc3ccc(C)cc3C3(C)Sc4ccccc4C(C)[NH+]3[O-])CC2)cc(OC)c1.Cl.Cl. The van der Waals surface area contributed by atoms with Crippen molar-refractivity contribution < 1.29 is 19.3 Å². The third kappa shape index (κ3) is 9.01. The fourth-order valence-electron chi connectivity index (χ4n) is 6.24. The van der Waals surface area contributed by atoms with Crippen molar-refractivity contribution in [1.82, 2.24) is 9.80 Å². The van der Waals surface area contributed by atoms with Gasteiger partial charge in [0.05, 0.1) is 26.4 Å². The Hall–Kier alpha value is -2.17. The molecule has 5 rings (SSSR count). The largest absolute Gasteiger partial charge is 0.633 e. The van der Waals surface area contributed by atoms with Gasteiger partial charge < -0.3 is 34.3 Å². The molecule has 0 spiro atoms. The van der Waals surface area contributed by atoms with Gasteiger partial charge in [-0.2, -0.15) is 0 Å². The van der Waals surface area contributed by atoms with E-state index in [2.05, 4.69) is 72.2 Å². The number of hydrogen-bond donors (Lipinski definition) is 1. The number of ether oxygens (including phenoxy) is 3. The monoisotopic (exact) mass is 677 g/mol. The minimum Gasteiger partial charge on any atom is -0.633 e. The highest BCUT2D eigenvalue weighted by molar-refractivity contribution is 8.00. The molecule has 1 fully saturated rings. The zero-order valence-electron chi connectivity index (χ0n) is 27.2. The summed E-state index contributed by atoms with van der Waals surface area (Å²) in [7, 11) is 3.39. The maximum absolute atomic E-state index is 13.7. The van der Waals surface area contributed by atoms with E-state index in [1.54, 1.807) is 26.0 Å². The molecular formula is C35H49Cl2N3O4S. The lowest BCUT2D eigenvalue weighted by molar-refractivity contribution is -0.923. The van der Waals surface area contributed by atoms with Crippen LogP contribution in [0.25, 0.3) is 0 Å². The summed E-state index contributed by atoms with van der Waals surface area (Å²) >= 11 is 1.66. The van der Waals surface area contributed by atoms with Gasteiger partial charge in [0.15, 0.2) is 4.87 Å². The number of rotatable bonds is 12. The third-order valence-electron chi connectivity index (χ3n) is 8.93. The Bertz CT molecular complexity index is 1350. The molecule has 0 aliphatic carbocycles. The lowest BCUT2D eigenvalue weighted by atomic mass is 9.99. The van der Waals surface area contributed by atoms with Crippen LogP contribution in [-0.4, -0.2) is 69.9 Å². The summed E-state index contributed by atoms with van der Waals surface area (Å²) in [4.78, 5) is 5.63. The van der Waals surface area contributed by atoms with Gasteiger partial charge in [0.25, 0.3) is 0 Å². The van der Waals surface area contributed by atoms with Gasteiger partial charge in [-0.3, -0.25) is 0 Å². The van der Waals surface area contributed by atoms with Crippen LogP contribution < -0.4 is 19.3 Å². The zero-order chi connectivity index (χ0) is 30.4. The molecule has 248 valence electrons. The first-order chi connectivity index (χ1) is 20.8. The highest BCUT2D eigenvalue weighted by atomic mass is 35.5. The first-order valence-corrected chi connectivity index (χ1v) is 16.3. The van der Waals surface area contributed by atoms with E-state index in [4.69, 9.17) is 14.2 Å². The van der Waals surface area contributed by atoms with Gasteiger partial charge in [-0.25, -0.2) is 0 Å². The van der Waals surface area contributed by atoms with E-state index in [0.717, 1.165) is 92.5 Å². The number of quaternary nitrogens is 1. The first-order valence-electron chi connectivity index (χ1n) is 15.5. The van der Waals surface area contributed by atoms with Crippen molar-refractivity contribution in [3.63, 3.8) is 0 Å². The van der Waals surface area contributed by atoms with Crippen LogP contribution in [0.1, 0.15) is 55.0 Å². The minimum atomic E-state index is -0.673. The number of halogens is 2. The molecule has 45 heavy (non-hydrogen) atoms. The maximum atomic E-state index is 13.7. The summed E-state index contributed by atoms with van der Waals surface area (Å²) in [5, 5.41) is 14.0. The van der Waals surface area contributed by atoms with E-state index in [0.29, 0.717) is 6.61 Å². The van der Waals surface area contributed by atoms with Gasteiger partial charge in [-0.05, 0) is 75.5 Å². The first kappa shape index (κ1) is 37.3. The molecule has 1 saturated heterocycles. The normalized spacial score (nSPS) is 21.6. The molecule has 0 aromatic heterocycles. The minimum absolute atomic E-state index is 0. The second-order valence-electron chi connectivity index (χ2n) is 12.0. The van der Waals surface area contributed by atoms with Crippen molar-refractivity contribution in [2.24, 2.45) is 0 Å². The predicted molar refractivity (Wildman–Crippen MR) is 189 cm³/mol. The van der Waals surface area contributed by atoms with E-state index in [9.17, 15) is 5.21 Å². The molecule has 0 saturated carbocycles. The lowest BCUT2D eigenvalue weighted by Crippen LogP contribution is -3.14. The molecule has 0 bridgehead atoms.